The van der Waals surface area contributed by atoms with Gasteiger partial charge in [0.05, 0.1) is 11.1 Å². The van der Waals surface area contributed by atoms with E-state index in [1.54, 1.807) is 6.92 Å². The van der Waals surface area contributed by atoms with E-state index >= 15 is 0 Å². The standard InChI is InChI=1S/C4H5N2S/c1-4(7)6-3-2-5/h3H2,1H3. The van der Waals surface area contributed by atoms with Gasteiger partial charge >= 0.3 is 0 Å². The van der Waals surface area contributed by atoms with Crippen LogP contribution in [-0.4, -0.2) is 11.5 Å². The Hall–Kier alpha value is -0.620. The van der Waals surface area contributed by atoms with Crippen LogP contribution in [0.3, 0.4) is 0 Å². The Balaban J connectivity index is 3.02. The Morgan fingerprint density at radius 3 is 2.71 bits per heavy atom. The molecule has 0 aromatic carbocycles. The minimum absolute atomic E-state index is 0.190. The van der Waals surface area contributed by atoms with Gasteiger partial charge in [0.25, 0.3) is 0 Å². The highest BCUT2D eigenvalue weighted by Crippen LogP contribution is 1.66. The van der Waals surface area contributed by atoms with Crippen LogP contribution >= 0.6 is 12.2 Å². The first-order chi connectivity index (χ1) is 3.27. The van der Waals surface area contributed by atoms with E-state index in [1.165, 1.54) is 0 Å². The van der Waals surface area contributed by atoms with Gasteiger partial charge in [0.15, 0.2) is 0 Å². The predicted molar refractivity (Wildman–Crippen MR) is 30.9 cm³/mol. The zero-order chi connectivity index (χ0) is 5.70. The van der Waals surface area contributed by atoms with E-state index < -0.39 is 0 Å². The van der Waals surface area contributed by atoms with Gasteiger partial charge < -0.3 is 0 Å². The van der Waals surface area contributed by atoms with E-state index in [-0.39, 0.29) is 6.54 Å². The van der Waals surface area contributed by atoms with Crippen molar-refractivity contribution in [3.8, 4) is 6.07 Å². The van der Waals surface area contributed by atoms with Crippen molar-refractivity contribution in [1.82, 2.24) is 5.32 Å². The molecule has 0 N–H and O–H groups in total. The highest BCUT2D eigenvalue weighted by molar-refractivity contribution is 7.80. The van der Waals surface area contributed by atoms with Gasteiger partial charge in [-0.25, -0.2) is 0 Å². The molecular weight excluding hydrogens is 108 g/mol. The van der Waals surface area contributed by atoms with Crippen LogP contribution in [0.25, 0.3) is 0 Å². The topological polar surface area (TPSA) is 37.9 Å². The average Bonchev–Trinajstić information content (AvgIpc) is 1.61. The molecule has 0 unspecified atom stereocenters. The second kappa shape index (κ2) is 3.57. The molecule has 1 radical (unpaired) electrons. The fourth-order valence-corrected chi connectivity index (χ4v) is 0.211. The van der Waals surface area contributed by atoms with Gasteiger partial charge in [0.2, 0.25) is 0 Å². The SMILES string of the molecule is CC(=S)[N]CC#N. The van der Waals surface area contributed by atoms with Gasteiger partial charge in [-0.2, -0.15) is 5.26 Å². The smallest absolute Gasteiger partial charge is 0.127 e. The maximum Gasteiger partial charge on any atom is 0.127 e. The predicted octanol–water partition coefficient (Wildman–Crippen LogP) is 0.462. The first-order valence-corrected chi connectivity index (χ1v) is 2.23. The van der Waals surface area contributed by atoms with Gasteiger partial charge in [-0.15, -0.1) is 0 Å². The van der Waals surface area contributed by atoms with Crippen LogP contribution in [0.1, 0.15) is 6.92 Å². The summed E-state index contributed by atoms with van der Waals surface area (Å²) in [4.78, 5) is 0.543. The van der Waals surface area contributed by atoms with Gasteiger partial charge in [-0.1, -0.05) is 12.2 Å². The highest BCUT2D eigenvalue weighted by atomic mass is 32.1. The minimum atomic E-state index is 0.190. The molecule has 0 heterocycles. The summed E-state index contributed by atoms with van der Waals surface area (Å²) >= 11 is 4.54. The molecule has 0 aliphatic rings. The lowest BCUT2D eigenvalue weighted by Crippen LogP contribution is -2.08. The molecule has 0 rings (SSSR count). The molecule has 0 bridgehead atoms. The van der Waals surface area contributed by atoms with Gasteiger partial charge in [-0.3, -0.25) is 5.32 Å². The lowest BCUT2D eigenvalue weighted by molar-refractivity contribution is 1.04. The minimum Gasteiger partial charge on any atom is -0.263 e. The molecule has 0 spiro atoms. The van der Waals surface area contributed by atoms with Crippen LogP contribution in [-0.2, 0) is 0 Å². The van der Waals surface area contributed by atoms with Crippen LogP contribution in [0.15, 0.2) is 0 Å². The number of hydrogen-bond donors (Lipinski definition) is 0. The zero-order valence-electron chi connectivity index (χ0n) is 4.01. The molecule has 7 heavy (non-hydrogen) atoms. The summed E-state index contributed by atoms with van der Waals surface area (Å²) in [6.45, 7) is 1.88. The summed E-state index contributed by atoms with van der Waals surface area (Å²) < 4.78 is 0. The van der Waals surface area contributed by atoms with E-state index in [0.29, 0.717) is 4.99 Å². The third-order valence-electron chi connectivity index (χ3n) is 0.372. The summed E-state index contributed by atoms with van der Waals surface area (Å²) in [6, 6.07) is 1.84. The summed E-state index contributed by atoms with van der Waals surface area (Å²) in [6.07, 6.45) is 0. The highest BCUT2D eigenvalue weighted by Gasteiger charge is 1.81. The molecule has 0 aromatic rings. The monoisotopic (exact) mass is 113 g/mol. The largest absolute Gasteiger partial charge is 0.263 e. The Morgan fingerprint density at radius 2 is 2.57 bits per heavy atom. The maximum atomic E-state index is 7.91. The van der Waals surface area contributed by atoms with E-state index in [2.05, 4.69) is 17.5 Å². The van der Waals surface area contributed by atoms with Crippen molar-refractivity contribution in [1.29, 1.82) is 5.26 Å². The number of thiocarbonyl (C=S) groups is 1. The van der Waals surface area contributed by atoms with Crippen molar-refractivity contribution in [3.63, 3.8) is 0 Å². The van der Waals surface area contributed by atoms with E-state index in [9.17, 15) is 0 Å². The summed E-state index contributed by atoms with van der Waals surface area (Å²) in [5.74, 6) is 0. The summed E-state index contributed by atoms with van der Waals surface area (Å²) in [5, 5.41) is 11.5. The van der Waals surface area contributed by atoms with Crippen LogP contribution in [0.5, 0.6) is 0 Å². The third-order valence-corrected chi connectivity index (χ3v) is 0.502. The van der Waals surface area contributed by atoms with Crippen molar-refractivity contribution in [3.05, 3.63) is 0 Å². The number of nitriles is 1. The second-order valence-corrected chi connectivity index (χ2v) is 1.58. The Morgan fingerprint density at radius 1 is 2.00 bits per heavy atom. The van der Waals surface area contributed by atoms with E-state index in [4.69, 9.17) is 5.26 Å². The second-order valence-electron chi connectivity index (χ2n) is 0.993. The lowest BCUT2D eigenvalue weighted by Gasteiger charge is -1.86. The van der Waals surface area contributed by atoms with Crippen molar-refractivity contribution in [2.24, 2.45) is 0 Å². The molecule has 0 saturated heterocycles. The first kappa shape index (κ1) is 6.38. The fourth-order valence-electron chi connectivity index (χ4n) is 0.147. The summed E-state index contributed by atoms with van der Waals surface area (Å²) in [5.41, 5.74) is 0. The third kappa shape index (κ3) is 5.38. The molecule has 2 nitrogen and oxygen atoms in total. The molecule has 0 aliphatic heterocycles. The zero-order valence-corrected chi connectivity index (χ0v) is 4.83. The van der Waals surface area contributed by atoms with Crippen molar-refractivity contribution in [2.45, 2.75) is 6.92 Å². The maximum absolute atomic E-state index is 7.91. The molecule has 0 amide bonds. The number of hydrogen-bond acceptors (Lipinski definition) is 2. The van der Waals surface area contributed by atoms with Crippen LogP contribution in [0.4, 0.5) is 0 Å². The van der Waals surface area contributed by atoms with Crippen molar-refractivity contribution >= 4 is 17.2 Å². The van der Waals surface area contributed by atoms with Crippen LogP contribution in [0, 0.1) is 11.3 Å². The van der Waals surface area contributed by atoms with Crippen LogP contribution < -0.4 is 5.32 Å². The molecule has 37 valence electrons. The van der Waals surface area contributed by atoms with Crippen LogP contribution in [0.2, 0.25) is 0 Å². The van der Waals surface area contributed by atoms with Gasteiger partial charge in [-0.05, 0) is 6.92 Å². The van der Waals surface area contributed by atoms with Gasteiger partial charge in [0.1, 0.15) is 6.54 Å². The Bertz CT molecular complexity index is 103. The molecular formula is C4H5N2S. The molecule has 0 aliphatic carbocycles. The van der Waals surface area contributed by atoms with Gasteiger partial charge in [0, 0.05) is 0 Å². The first-order valence-electron chi connectivity index (χ1n) is 1.82. The summed E-state index contributed by atoms with van der Waals surface area (Å²) in [7, 11) is 0. The quantitative estimate of drug-likeness (QED) is 0.366. The lowest BCUT2D eigenvalue weighted by atomic mass is 10.6. The number of nitrogens with zero attached hydrogens (tertiary/aromatic N) is 2. The Kier molecular flexibility index (Phi) is 3.25. The van der Waals surface area contributed by atoms with Crippen molar-refractivity contribution < 1.29 is 0 Å². The molecule has 0 fully saturated rings. The van der Waals surface area contributed by atoms with E-state index in [1.807, 2.05) is 6.07 Å². The normalized spacial score (nSPS) is 6.86. The fraction of sp³-hybridized carbons (Fsp3) is 0.500. The Labute approximate surface area is 48.1 Å². The van der Waals surface area contributed by atoms with E-state index in [0.717, 1.165) is 0 Å². The van der Waals surface area contributed by atoms with Crippen molar-refractivity contribution in [2.75, 3.05) is 6.54 Å². The number of rotatable bonds is 1. The average molecular weight is 113 g/mol. The molecule has 0 aromatic heterocycles. The molecule has 0 atom stereocenters. The molecule has 3 heteroatoms. The molecule has 0 saturated carbocycles.